The first-order valence-electron chi connectivity index (χ1n) is 5.65. The molecule has 0 amide bonds. The molecule has 0 rings (SSSR count). The number of nitrogens with two attached hydrogens (primary N) is 1. The number of ether oxygens (including phenoxy) is 1. The van der Waals surface area contributed by atoms with E-state index in [-0.39, 0.29) is 37.0 Å². The second-order valence-corrected chi connectivity index (χ2v) is 3.58. The van der Waals surface area contributed by atoms with Gasteiger partial charge < -0.3 is 6.16 Å². The third-order valence-corrected chi connectivity index (χ3v) is 2.16. The molecule has 0 saturated heterocycles. The van der Waals surface area contributed by atoms with Gasteiger partial charge in [-0.3, -0.25) is 10.5 Å². The molecule has 0 aromatic rings. The molecule has 86 valence electrons. The van der Waals surface area contributed by atoms with Crippen molar-refractivity contribution >= 4 is 5.97 Å². The second-order valence-electron chi connectivity index (χ2n) is 3.58. The summed E-state index contributed by atoms with van der Waals surface area (Å²) in [5.74, 6) is -0.203. The van der Waals surface area contributed by atoms with Crippen LogP contribution < -0.4 is 35.3 Å². The van der Waals surface area contributed by atoms with Gasteiger partial charge in [0.1, 0.15) is 0 Å². The Bertz CT molecular complexity index is 159. The number of hydrogen-bond acceptors (Lipinski definition) is 3. The zero-order valence-electron chi connectivity index (χ0n) is 11.4. The minimum Gasteiger partial charge on any atom is -1.00 e. The van der Waals surface area contributed by atoms with Crippen molar-refractivity contribution in [3.8, 4) is 0 Å². The van der Waals surface area contributed by atoms with Crippen molar-refractivity contribution in [3.05, 3.63) is 0 Å². The number of hydrogen-bond donors (Lipinski definition) is 1. The standard InChI is InChI=1S/C11H23NO2.Na.H/c1-3-5-6-7-8-9-10(12)14-11(13)4-2;;/h10H,3-9,12H2,1-2H3;;/q;+1;-1. The van der Waals surface area contributed by atoms with Gasteiger partial charge in [-0.05, 0) is 12.8 Å². The summed E-state index contributed by atoms with van der Waals surface area (Å²) in [7, 11) is 0. The average molecular weight is 225 g/mol. The van der Waals surface area contributed by atoms with E-state index in [9.17, 15) is 4.79 Å². The molecule has 0 heterocycles. The van der Waals surface area contributed by atoms with Crippen LogP contribution in [-0.4, -0.2) is 12.2 Å². The molecule has 3 nitrogen and oxygen atoms in total. The van der Waals surface area contributed by atoms with Gasteiger partial charge in [-0.2, -0.15) is 0 Å². The molecule has 0 aliphatic rings. The minimum absolute atomic E-state index is 0. The summed E-state index contributed by atoms with van der Waals surface area (Å²) >= 11 is 0. The minimum atomic E-state index is -0.399. The topological polar surface area (TPSA) is 52.3 Å². The molecule has 0 aromatic heterocycles. The van der Waals surface area contributed by atoms with E-state index in [1.54, 1.807) is 6.92 Å². The Hall–Kier alpha value is 0.430. The van der Waals surface area contributed by atoms with E-state index in [4.69, 9.17) is 10.5 Å². The molecule has 4 heteroatoms. The largest absolute Gasteiger partial charge is 1.00 e. The Morgan fingerprint density at radius 1 is 1.27 bits per heavy atom. The molecule has 0 saturated carbocycles. The van der Waals surface area contributed by atoms with Crippen molar-refractivity contribution in [3.63, 3.8) is 0 Å². The van der Waals surface area contributed by atoms with E-state index >= 15 is 0 Å². The number of rotatable bonds is 8. The van der Waals surface area contributed by atoms with Gasteiger partial charge in [-0.1, -0.05) is 39.5 Å². The van der Waals surface area contributed by atoms with Crippen molar-refractivity contribution in [1.29, 1.82) is 0 Å². The van der Waals surface area contributed by atoms with Gasteiger partial charge >= 0.3 is 35.5 Å². The van der Waals surface area contributed by atoms with Crippen LogP contribution in [0.15, 0.2) is 0 Å². The predicted molar refractivity (Wildman–Crippen MR) is 58.8 cm³/mol. The Morgan fingerprint density at radius 3 is 2.40 bits per heavy atom. The fourth-order valence-electron chi connectivity index (χ4n) is 1.26. The molecule has 0 bridgehead atoms. The van der Waals surface area contributed by atoms with E-state index in [2.05, 4.69) is 6.92 Å². The molecule has 15 heavy (non-hydrogen) atoms. The summed E-state index contributed by atoms with van der Waals surface area (Å²) < 4.78 is 4.94. The van der Waals surface area contributed by atoms with Crippen LogP contribution in [0.1, 0.15) is 60.2 Å². The van der Waals surface area contributed by atoms with Crippen LogP contribution in [0.4, 0.5) is 0 Å². The SMILES string of the molecule is CCCCCCCC(N)OC(=O)CC.[H-].[Na+]. The van der Waals surface area contributed by atoms with Crippen LogP contribution in [0.3, 0.4) is 0 Å². The van der Waals surface area contributed by atoms with Crippen LogP contribution >= 0.6 is 0 Å². The molecule has 1 atom stereocenters. The predicted octanol–water partition coefficient (Wildman–Crippen LogP) is -0.299. The Labute approximate surface area is 117 Å². The van der Waals surface area contributed by atoms with Crippen molar-refractivity contribution in [2.75, 3.05) is 0 Å². The summed E-state index contributed by atoms with van der Waals surface area (Å²) in [6.45, 7) is 3.96. The molecule has 2 N–H and O–H groups in total. The van der Waals surface area contributed by atoms with E-state index < -0.39 is 6.23 Å². The van der Waals surface area contributed by atoms with Crippen LogP contribution in [0.2, 0.25) is 0 Å². The summed E-state index contributed by atoms with van der Waals surface area (Å²) in [4.78, 5) is 10.9. The monoisotopic (exact) mass is 225 g/mol. The molecular weight excluding hydrogens is 201 g/mol. The van der Waals surface area contributed by atoms with Gasteiger partial charge in [-0.15, -0.1) is 0 Å². The first-order valence-corrected chi connectivity index (χ1v) is 5.65. The fourth-order valence-corrected chi connectivity index (χ4v) is 1.26. The fraction of sp³-hybridized carbons (Fsp3) is 0.909. The second kappa shape index (κ2) is 12.5. The zero-order valence-corrected chi connectivity index (χ0v) is 12.4. The Morgan fingerprint density at radius 2 is 1.87 bits per heavy atom. The van der Waals surface area contributed by atoms with Gasteiger partial charge in [0, 0.05) is 6.42 Å². The Balaban J connectivity index is -0.000000845. The van der Waals surface area contributed by atoms with E-state index in [1.807, 2.05) is 0 Å². The van der Waals surface area contributed by atoms with Crippen LogP contribution in [-0.2, 0) is 9.53 Å². The van der Waals surface area contributed by atoms with Crippen molar-refractivity contribution in [2.24, 2.45) is 5.73 Å². The van der Waals surface area contributed by atoms with Gasteiger partial charge in [0.05, 0.1) is 0 Å². The van der Waals surface area contributed by atoms with Crippen LogP contribution in [0, 0.1) is 0 Å². The molecule has 0 spiro atoms. The maximum absolute atomic E-state index is 10.9. The van der Waals surface area contributed by atoms with Crippen LogP contribution in [0.25, 0.3) is 0 Å². The van der Waals surface area contributed by atoms with Crippen molar-refractivity contribution < 1.29 is 40.5 Å². The zero-order chi connectivity index (χ0) is 10.8. The molecule has 1 unspecified atom stereocenters. The molecular formula is C11H24NNaO2. The van der Waals surface area contributed by atoms with Gasteiger partial charge in [0.2, 0.25) is 0 Å². The first-order chi connectivity index (χ1) is 6.70. The summed E-state index contributed by atoms with van der Waals surface area (Å²) in [5.41, 5.74) is 5.62. The Kier molecular flexibility index (Phi) is 14.8. The third-order valence-electron chi connectivity index (χ3n) is 2.16. The average Bonchev–Trinajstić information content (AvgIpc) is 2.17. The molecule has 0 aromatic carbocycles. The number of carbonyl (C=O) groups excluding carboxylic acids is 1. The number of carbonyl (C=O) groups is 1. The van der Waals surface area contributed by atoms with Gasteiger partial charge in [0.15, 0.2) is 6.23 Å². The number of unbranched alkanes of at least 4 members (excludes halogenated alkanes) is 4. The number of esters is 1. The van der Waals surface area contributed by atoms with Crippen molar-refractivity contribution in [2.45, 2.75) is 65.0 Å². The van der Waals surface area contributed by atoms with E-state index in [1.165, 1.54) is 25.7 Å². The van der Waals surface area contributed by atoms with Gasteiger partial charge in [-0.25, -0.2) is 0 Å². The van der Waals surface area contributed by atoms with Gasteiger partial charge in [0.25, 0.3) is 0 Å². The summed E-state index contributed by atoms with van der Waals surface area (Å²) in [6.07, 6.45) is 6.82. The first kappa shape index (κ1) is 17.8. The summed E-state index contributed by atoms with van der Waals surface area (Å²) in [5, 5.41) is 0. The quantitative estimate of drug-likeness (QED) is 0.267. The maximum Gasteiger partial charge on any atom is 1.00 e. The molecule has 0 fully saturated rings. The van der Waals surface area contributed by atoms with E-state index in [0.717, 1.165) is 12.8 Å². The molecule has 0 aliphatic heterocycles. The molecule has 0 radical (unpaired) electrons. The molecule has 0 aliphatic carbocycles. The van der Waals surface area contributed by atoms with Crippen molar-refractivity contribution in [1.82, 2.24) is 0 Å². The maximum atomic E-state index is 10.9. The van der Waals surface area contributed by atoms with Crippen LogP contribution in [0.5, 0.6) is 0 Å². The van der Waals surface area contributed by atoms with E-state index in [0.29, 0.717) is 6.42 Å². The normalized spacial score (nSPS) is 11.7. The smallest absolute Gasteiger partial charge is 1.00 e. The third kappa shape index (κ3) is 12.4. The summed E-state index contributed by atoms with van der Waals surface area (Å²) in [6, 6.07) is 0.